The summed E-state index contributed by atoms with van der Waals surface area (Å²) >= 11 is 0. The summed E-state index contributed by atoms with van der Waals surface area (Å²) in [7, 11) is 0. The lowest BCUT2D eigenvalue weighted by Gasteiger charge is -2.18. The molecule has 0 aliphatic rings. The van der Waals surface area contributed by atoms with Crippen LogP contribution in [-0.4, -0.2) is 37.2 Å². The van der Waals surface area contributed by atoms with Gasteiger partial charge in [-0.3, -0.25) is 14.4 Å². The van der Waals surface area contributed by atoms with Gasteiger partial charge in [0, 0.05) is 19.3 Å². The second-order valence-electron chi connectivity index (χ2n) is 21.6. The first-order chi connectivity index (χ1) is 39.5. The van der Waals surface area contributed by atoms with Crippen LogP contribution in [0.2, 0.25) is 0 Å². The minimum atomic E-state index is -0.799. The van der Waals surface area contributed by atoms with Crippen molar-refractivity contribution in [2.75, 3.05) is 13.2 Å². The highest BCUT2D eigenvalue weighted by Gasteiger charge is 2.19. The molecular weight excluding hydrogens is 985 g/mol. The molecule has 0 heterocycles. The van der Waals surface area contributed by atoms with Crippen molar-refractivity contribution in [3.05, 3.63) is 134 Å². The van der Waals surface area contributed by atoms with Gasteiger partial charge in [-0.2, -0.15) is 0 Å². The van der Waals surface area contributed by atoms with Crippen LogP contribution in [0.5, 0.6) is 0 Å². The maximum Gasteiger partial charge on any atom is 0.306 e. The lowest BCUT2D eigenvalue weighted by molar-refractivity contribution is -0.167. The molecule has 0 aliphatic heterocycles. The standard InChI is InChI=1S/C74H122O6/c1-4-7-10-13-16-19-22-25-28-30-32-34-36-37-39-40-42-44-46-49-52-55-58-61-64-67-73(76)79-70-71(69-78-72(75)66-63-60-57-54-51-48-27-24-21-18-15-12-9-6-3)80-74(77)68-65-62-59-56-53-50-47-45-43-41-38-35-33-31-29-26-23-20-17-14-11-8-5-2/h7-8,10-11,16-17,19-20,25-26,28-29,32-35,37,39,41,43,47,50,71H,4-6,9,12-15,18,21-24,27,30-31,36,38,40,42,44-46,48-49,51-70H2,1-3H3/b10-7-,11-8-,19-16-,20-17-,28-25-,29-26-,34-32-,35-33-,39-37-,43-41-,50-47-. The molecule has 0 aromatic heterocycles. The first kappa shape index (κ1) is 75.5. The highest BCUT2D eigenvalue weighted by Crippen LogP contribution is 2.16. The Morgan fingerprint density at radius 2 is 0.487 bits per heavy atom. The smallest absolute Gasteiger partial charge is 0.306 e. The molecular formula is C74H122O6. The molecule has 1 atom stereocenters. The zero-order valence-electron chi connectivity index (χ0n) is 52.0. The maximum atomic E-state index is 12.9. The first-order valence-electron chi connectivity index (χ1n) is 33.2. The first-order valence-corrected chi connectivity index (χ1v) is 33.2. The molecule has 0 bridgehead atoms. The topological polar surface area (TPSA) is 78.9 Å². The second kappa shape index (κ2) is 67.1. The summed E-state index contributed by atoms with van der Waals surface area (Å²) in [6, 6.07) is 0. The van der Waals surface area contributed by atoms with E-state index in [1.807, 2.05) is 0 Å². The molecule has 6 heteroatoms. The number of carbonyl (C=O) groups is 3. The van der Waals surface area contributed by atoms with E-state index in [9.17, 15) is 14.4 Å². The van der Waals surface area contributed by atoms with Gasteiger partial charge < -0.3 is 14.2 Å². The molecule has 0 N–H and O–H groups in total. The summed E-state index contributed by atoms with van der Waals surface area (Å²) in [5.74, 6) is -0.917. The Labute approximate surface area is 494 Å². The minimum absolute atomic E-state index is 0.0915. The van der Waals surface area contributed by atoms with Gasteiger partial charge >= 0.3 is 17.9 Å². The van der Waals surface area contributed by atoms with Crippen molar-refractivity contribution in [3.63, 3.8) is 0 Å². The monoisotopic (exact) mass is 1110 g/mol. The highest BCUT2D eigenvalue weighted by molar-refractivity contribution is 5.71. The number of hydrogen-bond donors (Lipinski definition) is 0. The second-order valence-corrected chi connectivity index (χ2v) is 21.6. The Hall–Kier alpha value is -4.45. The van der Waals surface area contributed by atoms with Crippen LogP contribution in [0.1, 0.15) is 297 Å². The van der Waals surface area contributed by atoms with Crippen molar-refractivity contribution in [2.24, 2.45) is 0 Å². The summed E-state index contributed by atoms with van der Waals surface area (Å²) in [4.78, 5) is 38.4. The Kier molecular flexibility index (Phi) is 63.3. The molecule has 6 nitrogen and oxygen atoms in total. The number of unbranched alkanes of at least 4 members (excludes halogenated alkanes) is 26. The van der Waals surface area contributed by atoms with Gasteiger partial charge in [0.15, 0.2) is 6.10 Å². The number of rotatable bonds is 59. The third kappa shape index (κ3) is 64.4. The summed E-state index contributed by atoms with van der Waals surface area (Å²) in [5.41, 5.74) is 0. The van der Waals surface area contributed by atoms with E-state index in [0.717, 1.165) is 148 Å². The number of esters is 3. The average Bonchev–Trinajstić information content (AvgIpc) is 3.46. The fraction of sp³-hybridized carbons (Fsp3) is 0.662. The van der Waals surface area contributed by atoms with Gasteiger partial charge in [0.2, 0.25) is 0 Å². The predicted octanol–water partition coefficient (Wildman–Crippen LogP) is 22.9. The van der Waals surface area contributed by atoms with Crippen LogP contribution in [0.15, 0.2) is 134 Å². The van der Waals surface area contributed by atoms with Gasteiger partial charge in [-0.15, -0.1) is 0 Å². The molecule has 0 amide bonds. The Morgan fingerprint density at radius 3 is 0.762 bits per heavy atom. The van der Waals surface area contributed by atoms with E-state index < -0.39 is 6.10 Å². The highest BCUT2D eigenvalue weighted by atomic mass is 16.6. The van der Waals surface area contributed by atoms with Crippen LogP contribution in [0, 0.1) is 0 Å². The molecule has 0 aromatic rings. The largest absolute Gasteiger partial charge is 0.462 e. The quantitative estimate of drug-likeness (QED) is 0.0261. The van der Waals surface area contributed by atoms with Crippen molar-refractivity contribution in [2.45, 2.75) is 303 Å². The molecule has 0 rings (SSSR count). The van der Waals surface area contributed by atoms with E-state index in [1.165, 1.54) is 109 Å². The van der Waals surface area contributed by atoms with Crippen LogP contribution in [0.25, 0.3) is 0 Å². The van der Waals surface area contributed by atoms with Gasteiger partial charge in [-0.25, -0.2) is 0 Å². The molecule has 0 fully saturated rings. The van der Waals surface area contributed by atoms with Crippen molar-refractivity contribution < 1.29 is 28.6 Å². The molecule has 0 saturated carbocycles. The van der Waals surface area contributed by atoms with Gasteiger partial charge in [0.05, 0.1) is 0 Å². The average molecular weight is 1110 g/mol. The maximum absolute atomic E-state index is 12.9. The summed E-state index contributed by atoms with van der Waals surface area (Å²) < 4.78 is 16.9. The van der Waals surface area contributed by atoms with Crippen molar-refractivity contribution in [3.8, 4) is 0 Å². The van der Waals surface area contributed by atoms with Crippen LogP contribution < -0.4 is 0 Å². The van der Waals surface area contributed by atoms with Crippen LogP contribution >= 0.6 is 0 Å². The third-order valence-corrected chi connectivity index (χ3v) is 13.9. The van der Waals surface area contributed by atoms with E-state index in [2.05, 4.69) is 154 Å². The summed E-state index contributed by atoms with van der Waals surface area (Å²) in [5, 5.41) is 0. The SMILES string of the molecule is CC/C=C\C/C=C\C/C=C\C/C=C\C/C=C\C/C=C\CCCCCCC(=O)OC(COC(=O)CCCCCCCCCCC/C=C\C/C=C\C/C=C\C/C=C\C/C=C\CC)COC(=O)CCCCCCCCCCCCCCCC. The number of carbonyl (C=O) groups excluding carboxylic acids is 3. The number of allylic oxidation sites excluding steroid dienone is 22. The fourth-order valence-electron chi connectivity index (χ4n) is 9.00. The molecule has 80 heavy (non-hydrogen) atoms. The summed E-state index contributed by atoms with van der Waals surface area (Å²) in [6.45, 7) is 6.41. The van der Waals surface area contributed by atoms with E-state index in [4.69, 9.17) is 14.2 Å². The van der Waals surface area contributed by atoms with Gasteiger partial charge in [0.25, 0.3) is 0 Å². The lowest BCUT2D eigenvalue weighted by atomic mass is 10.0. The van der Waals surface area contributed by atoms with E-state index in [1.54, 1.807) is 0 Å². The molecule has 0 radical (unpaired) electrons. The van der Waals surface area contributed by atoms with Crippen LogP contribution in [-0.2, 0) is 28.6 Å². The van der Waals surface area contributed by atoms with E-state index in [0.29, 0.717) is 19.3 Å². The van der Waals surface area contributed by atoms with E-state index >= 15 is 0 Å². The van der Waals surface area contributed by atoms with Crippen molar-refractivity contribution in [1.29, 1.82) is 0 Å². The third-order valence-electron chi connectivity index (χ3n) is 13.9. The summed E-state index contributed by atoms with van der Waals surface area (Å²) in [6.07, 6.45) is 94.5. The van der Waals surface area contributed by atoms with Crippen LogP contribution in [0.4, 0.5) is 0 Å². The number of hydrogen-bond acceptors (Lipinski definition) is 6. The lowest BCUT2D eigenvalue weighted by Crippen LogP contribution is -2.30. The van der Waals surface area contributed by atoms with Gasteiger partial charge in [-0.1, -0.05) is 296 Å². The van der Waals surface area contributed by atoms with Crippen LogP contribution in [0.3, 0.4) is 0 Å². The fourth-order valence-corrected chi connectivity index (χ4v) is 9.00. The minimum Gasteiger partial charge on any atom is -0.462 e. The Morgan fingerprint density at radius 1 is 0.263 bits per heavy atom. The van der Waals surface area contributed by atoms with Crippen molar-refractivity contribution >= 4 is 17.9 Å². The molecule has 0 aromatic carbocycles. The molecule has 0 aliphatic carbocycles. The zero-order valence-corrected chi connectivity index (χ0v) is 52.0. The van der Waals surface area contributed by atoms with Gasteiger partial charge in [0.1, 0.15) is 13.2 Å². The zero-order chi connectivity index (χ0) is 57.8. The normalized spacial score (nSPS) is 13.0. The molecule has 454 valence electrons. The predicted molar refractivity (Wildman–Crippen MR) is 348 cm³/mol. The Bertz CT molecular complexity index is 1700. The van der Waals surface area contributed by atoms with Crippen molar-refractivity contribution in [1.82, 2.24) is 0 Å². The van der Waals surface area contributed by atoms with E-state index in [-0.39, 0.29) is 31.1 Å². The Balaban J connectivity index is 4.42. The van der Waals surface area contributed by atoms with Gasteiger partial charge in [-0.05, 0) is 116 Å². The molecule has 0 spiro atoms. The number of ether oxygens (including phenoxy) is 3. The molecule has 0 saturated heterocycles. The molecule has 1 unspecified atom stereocenters.